The zero-order valence-corrected chi connectivity index (χ0v) is 12.5. The molecule has 1 saturated heterocycles. The molecule has 4 N–H and O–H groups in total. The summed E-state index contributed by atoms with van der Waals surface area (Å²) in [5.41, 5.74) is 0. The predicted octanol–water partition coefficient (Wildman–Crippen LogP) is -0.454. The van der Waals surface area contributed by atoms with Gasteiger partial charge in [0.1, 0.15) is 31.0 Å². The van der Waals surface area contributed by atoms with E-state index in [0.717, 1.165) is 25.7 Å². The first-order valence-corrected chi connectivity index (χ1v) is 7.46. The van der Waals surface area contributed by atoms with Crippen molar-refractivity contribution in [3.63, 3.8) is 0 Å². The van der Waals surface area contributed by atoms with Gasteiger partial charge in [0, 0.05) is 0 Å². The van der Waals surface area contributed by atoms with Crippen LogP contribution in [-0.2, 0) is 14.3 Å². The maximum atomic E-state index is 12.0. The minimum Gasteiger partial charge on any atom is -0.463 e. The highest BCUT2D eigenvalue weighted by Crippen LogP contribution is 2.21. The number of carbonyl (C=O) groups excluding carboxylic acids is 1. The van der Waals surface area contributed by atoms with E-state index >= 15 is 0 Å². The second-order valence-electron chi connectivity index (χ2n) is 5.44. The number of rotatable bonds is 7. The van der Waals surface area contributed by atoms with Crippen molar-refractivity contribution in [1.82, 2.24) is 0 Å². The van der Waals surface area contributed by atoms with Crippen molar-refractivity contribution in [1.29, 1.82) is 0 Å². The SMILES string of the molecule is CCCC(CCC)C(=O)OCC1OC(O)C(O)C(O)C1O. The summed E-state index contributed by atoms with van der Waals surface area (Å²) < 4.78 is 10.1. The fourth-order valence-corrected chi connectivity index (χ4v) is 2.43. The summed E-state index contributed by atoms with van der Waals surface area (Å²) in [5, 5.41) is 38.0. The first kappa shape index (κ1) is 18.3. The van der Waals surface area contributed by atoms with Gasteiger partial charge in [-0.25, -0.2) is 0 Å². The minimum absolute atomic E-state index is 0.193. The van der Waals surface area contributed by atoms with Crippen LogP contribution >= 0.6 is 0 Å². The number of aliphatic hydroxyl groups excluding tert-OH is 4. The van der Waals surface area contributed by atoms with E-state index in [1.807, 2.05) is 13.8 Å². The highest BCUT2D eigenvalue weighted by Gasteiger charge is 2.43. The largest absolute Gasteiger partial charge is 0.463 e. The Bertz CT molecular complexity index is 316. The van der Waals surface area contributed by atoms with E-state index in [4.69, 9.17) is 9.47 Å². The lowest BCUT2D eigenvalue weighted by Crippen LogP contribution is -2.58. The van der Waals surface area contributed by atoms with Crippen molar-refractivity contribution < 1.29 is 34.7 Å². The van der Waals surface area contributed by atoms with Crippen LogP contribution < -0.4 is 0 Å². The smallest absolute Gasteiger partial charge is 0.309 e. The Kier molecular flexibility index (Phi) is 7.55. The molecule has 1 fully saturated rings. The van der Waals surface area contributed by atoms with Crippen LogP contribution in [0.15, 0.2) is 0 Å². The van der Waals surface area contributed by atoms with Gasteiger partial charge in [0.25, 0.3) is 0 Å². The third-order valence-electron chi connectivity index (χ3n) is 3.68. The monoisotopic (exact) mass is 306 g/mol. The molecule has 0 saturated carbocycles. The van der Waals surface area contributed by atoms with Gasteiger partial charge in [-0.1, -0.05) is 26.7 Å². The number of hydrogen-bond acceptors (Lipinski definition) is 7. The quantitative estimate of drug-likeness (QED) is 0.470. The summed E-state index contributed by atoms with van der Waals surface area (Å²) >= 11 is 0. The van der Waals surface area contributed by atoms with E-state index in [2.05, 4.69) is 0 Å². The molecule has 0 amide bonds. The van der Waals surface area contributed by atoms with Gasteiger partial charge in [-0.3, -0.25) is 4.79 Å². The molecule has 124 valence electrons. The van der Waals surface area contributed by atoms with Crippen LogP contribution in [0.4, 0.5) is 0 Å². The zero-order chi connectivity index (χ0) is 16.0. The van der Waals surface area contributed by atoms with Crippen molar-refractivity contribution in [3.8, 4) is 0 Å². The Balaban J connectivity index is 2.51. The molecule has 0 aromatic carbocycles. The van der Waals surface area contributed by atoms with Crippen LogP contribution in [0, 0.1) is 5.92 Å². The Hall–Kier alpha value is -0.730. The Morgan fingerprint density at radius 1 is 1.05 bits per heavy atom. The van der Waals surface area contributed by atoms with Crippen molar-refractivity contribution in [2.45, 2.75) is 70.2 Å². The molecule has 5 unspecified atom stereocenters. The molecule has 7 heteroatoms. The molecule has 1 rings (SSSR count). The van der Waals surface area contributed by atoms with E-state index in [9.17, 15) is 25.2 Å². The Morgan fingerprint density at radius 2 is 1.62 bits per heavy atom. The van der Waals surface area contributed by atoms with Gasteiger partial charge in [0.2, 0.25) is 0 Å². The average molecular weight is 306 g/mol. The molecule has 21 heavy (non-hydrogen) atoms. The van der Waals surface area contributed by atoms with Gasteiger partial charge in [0.05, 0.1) is 5.92 Å². The highest BCUT2D eigenvalue weighted by molar-refractivity contribution is 5.72. The van der Waals surface area contributed by atoms with E-state index < -0.39 is 30.7 Å². The van der Waals surface area contributed by atoms with Crippen LogP contribution in [0.3, 0.4) is 0 Å². The van der Waals surface area contributed by atoms with Crippen molar-refractivity contribution in [3.05, 3.63) is 0 Å². The van der Waals surface area contributed by atoms with Gasteiger partial charge in [-0.05, 0) is 12.8 Å². The third-order valence-corrected chi connectivity index (χ3v) is 3.68. The average Bonchev–Trinajstić information content (AvgIpc) is 2.47. The van der Waals surface area contributed by atoms with Crippen molar-refractivity contribution in [2.24, 2.45) is 5.92 Å². The van der Waals surface area contributed by atoms with E-state index in [-0.39, 0.29) is 18.5 Å². The van der Waals surface area contributed by atoms with Gasteiger partial charge >= 0.3 is 5.97 Å². The molecule has 0 aromatic rings. The number of esters is 1. The van der Waals surface area contributed by atoms with Crippen LogP contribution in [0.2, 0.25) is 0 Å². The first-order valence-electron chi connectivity index (χ1n) is 7.46. The minimum atomic E-state index is -1.62. The molecule has 0 spiro atoms. The standard InChI is InChI=1S/C14H26O7/c1-3-5-8(6-4-2)13(18)20-7-9-10(15)11(16)12(17)14(19)21-9/h8-12,14-17,19H,3-7H2,1-2H3. The Labute approximate surface area is 124 Å². The van der Waals surface area contributed by atoms with Gasteiger partial charge < -0.3 is 29.9 Å². The maximum Gasteiger partial charge on any atom is 0.309 e. The molecule has 0 radical (unpaired) electrons. The van der Waals surface area contributed by atoms with Crippen LogP contribution in [-0.4, -0.2) is 63.7 Å². The second kappa shape index (κ2) is 8.65. The lowest BCUT2D eigenvalue weighted by Gasteiger charge is -2.38. The molecule has 1 heterocycles. The topological polar surface area (TPSA) is 116 Å². The zero-order valence-electron chi connectivity index (χ0n) is 12.5. The van der Waals surface area contributed by atoms with Crippen LogP contribution in [0.5, 0.6) is 0 Å². The van der Waals surface area contributed by atoms with Crippen molar-refractivity contribution >= 4 is 5.97 Å². The van der Waals surface area contributed by atoms with Gasteiger partial charge in [0.15, 0.2) is 6.29 Å². The number of ether oxygens (including phenoxy) is 2. The van der Waals surface area contributed by atoms with Crippen molar-refractivity contribution in [2.75, 3.05) is 6.61 Å². The molecule has 1 aliphatic rings. The molecule has 5 atom stereocenters. The molecule has 0 aromatic heterocycles. The molecular formula is C14H26O7. The molecule has 7 nitrogen and oxygen atoms in total. The summed E-state index contributed by atoms with van der Waals surface area (Å²) in [4.78, 5) is 12.0. The molecule has 0 aliphatic carbocycles. The predicted molar refractivity (Wildman–Crippen MR) is 73.2 cm³/mol. The Morgan fingerprint density at radius 3 is 2.14 bits per heavy atom. The summed E-state index contributed by atoms with van der Waals surface area (Å²) in [6.45, 7) is 3.70. The van der Waals surface area contributed by atoms with Gasteiger partial charge in [-0.2, -0.15) is 0 Å². The molecule has 1 aliphatic heterocycles. The first-order chi connectivity index (χ1) is 9.92. The van der Waals surface area contributed by atoms with E-state index in [0.29, 0.717) is 0 Å². The van der Waals surface area contributed by atoms with Crippen LogP contribution in [0.1, 0.15) is 39.5 Å². The lowest BCUT2D eigenvalue weighted by molar-refractivity contribution is -0.287. The third kappa shape index (κ3) is 4.89. The van der Waals surface area contributed by atoms with Crippen LogP contribution in [0.25, 0.3) is 0 Å². The summed E-state index contributed by atoms with van der Waals surface area (Å²) in [7, 11) is 0. The normalized spacial score (nSPS) is 33.2. The highest BCUT2D eigenvalue weighted by atomic mass is 16.6. The van der Waals surface area contributed by atoms with Gasteiger partial charge in [-0.15, -0.1) is 0 Å². The summed E-state index contributed by atoms with van der Waals surface area (Å²) in [5.74, 6) is -0.564. The number of aliphatic hydroxyl groups is 4. The summed E-state index contributed by atoms with van der Waals surface area (Å²) in [6, 6.07) is 0. The number of hydrogen-bond donors (Lipinski definition) is 4. The maximum absolute atomic E-state index is 12.0. The second-order valence-corrected chi connectivity index (χ2v) is 5.44. The fraction of sp³-hybridized carbons (Fsp3) is 0.929. The lowest BCUT2D eigenvalue weighted by atomic mass is 9.98. The van der Waals surface area contributed by atoms with E-state index in [1.54, 1.807) is 0 Å². The number of carbonyl (C=O) groups is 1. The molecule has 0 bridgehead atoms. The summed E-state index contributed by atoms with van der Waals surface area (Å²) in [6.07, 6.45) is -4.04. The fourth-order valence-electron chi connectivity index (χ4n) is 2.43. The van der Waals surface area contributed by atoms with E-state index in [1.165, 1.54) is 0 Å². The molecular weight excluding hydrogens is 280 g/mol.